The van der Waals surface area contributed by atoms with Crippen LogP contribution in [0.2, 0.25) is 0 Å². The van der Waals surface area contributed by atoms with Crippen LogP contribution < -0.4 is 5.32 Å². The molecule has 2 heterocycles. The fraction of sp³-hybridized carbons (Fsp3) is 1.00. The SMILES string of the molecule is CC1CC(NC2CCOC2C)CCO1. The Hall–Kier alpha value is -0.120. The maximum absolute atomic E-state index is 5.54. The van der Waals surface area contributed by atoms with E-state index in [0.29, 0.717) is 24.3 Å². The minimum absolute atomic E-state index is 0.383. The van der Waals surface area contributed by atoms with Crippen molar-refractivity contribution in [1.82, 2.24) is 5.32 Å². The van der Waals surface area contributed by atoms with Gasteiger partial charge in [-0.25, -0.2) is 0 Å². The Balaban J connectivity index is 1.78. The molecule has 0 aromatic rings. The molecule has 82 valence electrons. The second-order valence-electron chi connectivity index (χ2n) is 4.54. The van der Waals surface area contributed by atoms with Crippen LogP contribution >= 0.6 is 0 Å². The van der Waals surface area contributed by atoms with E-state index in [-0.39, 0.29) is 0 Å². The summed E-state index contributed by atoms with van der Waals surface area (Å²) in [6.45, 7) is 6.13. The first-order valence-electron chi connectivity index (χ1n) is 5.75. The van der Waals surface area contributed by atoms with Crippen LogP contribution in [0.15, 0.2) is 0 Å². The van der Waals surface area contributed by atoms with Crippen LogP contribution in [0.1, 0.15) is 33.1 Å². The van der Waals surface area contributed by atoms with E-state index < -0.39 is 0 Å². The van der Waals surface area contributed by atoms with Crippen molar-refractivity contribution in [2.75, 3.05) is 13.2 Å². The Bertz CT molecular complexity index is 186. The van der Waals surface area contributed by atoms with Gasteiger partial charge in [0.1, 0.15) is 0 Å². The molecular formula is C11H21NO2. The Morgan fingerprint density at radius 3 is 2.50 bits per heavy atom. The lowest BCUT2D eigenvalue weighted by Crippen LogP contribution is -2.46. The van der Waals surface area contributed by atoms with Gasteiger partial charge in [0.25, 0.3) is 0 Å². The summed E-state index contributed by atoms with van der Waals surface area (Å²) in [4.78, 5) is 0. The molecule has 0 aromatic heterocycles. The molecule has 0 radical (unpaired) electrons. The molecule has 2 aliphatic heterocycles. The molecule has 2 aliphatic rings. The third-order valence-corrected chi connectivity index (χ3v) is 3.31. The van der Waals surface area contributed by atoms with E-state index in [0.717, 1.165) is 32.5 Å². The highest BCUT2D eigenvalue weighted by atomic mass is 16.5. The van der Waals surface area contributed by atoms with E-state index in [1.54, 1.807) is 0 Å². The standard InChI is InChI=1S/C11H21NO2/c1-8-7-10(3-5-13-8)12-11-4-6-14-9(11)2/h8-12H,3-7H2,1-2H3. The van der Waals surface area contributed by atoms with Gasteiger partial charge in [0, 0.05) is 25.3 Å². The summed E-state index contributed by atoms with van der Waals surface area (Å²) in [6, 6.07) is 1.19. The molecule has 0 bridgehead atoms. The second-order valence-corrected chi connectivity index (χ2v) is 4.54. The molecular weight excluding hydrogens is 178 g/mol. The largest absolute Gasteiger partial charge is 0.378 e. The molecule has 3 heteroatoms. The van der Waals surface area contributed by atoms with Gasteiger partial charge in [0.15, 0.2) is 0 Å². The summed E-state index contributed by atoms with van der Waals surface area (Å²) in [6.07, 6.45) is 4.25. The summed E-state index contributed by atoms with van der Waals surface area (Å²) in [5, 5.41) is 3.69. The Morgan fingerprint density at radius 2 is 1.86 bits per heavy atom. The number of nitrogens with one attached hydrogen (secondary N) is 1. The smallest absolute Gasteiger partial charge is 0.0700 e. The van der Waals surface area contributed by atoms with Gasteiger partial charge in [0.05, 0.1) is 12.2 Å². The zero-order chi connectivity index (χ0) is 9.97. The lowest BCUT2D eigenvalue weighted by atomic mass is 10.0. The zero-order valence-electron chi connectivity index (χ0n) is 9.16. The summed E-state index contributed by atoms with van der Waals surface area (Å²) in [7, 11) is 0. The van der Waals surface area contributed by atoms with Gasteiger partial charge in [-0.05, 0) is 33.1 Å². The molecule has 4 unspecified atom stereocenters. The van der Waals surface area contributed by atoms with Crippen LogP contribution in [0.4, 0.5) is 0 Å². The minimum Gasteiger partial charge on any atom is -0.378 e. The minimum atomic E-state index is 0.383. The van der Waals surface area contributed by atoms with E-state index in [9.17, 15) is 0 Å². The topological polar surface area (TPSA) is 30.5 Å². The van der Waals surface area contributed by atoms with E-state index >= 15 is 0 Å². The fourth-order valence-electron chi connectivity index (χ4n) is 2.40. The molecule has 0 aromatic carbocycles. The molecule has 2 saturated heterocycles. The summed E-state index contributed by atoms with van der Waals surface area (Å²) in [5.41, 5.74) is 0. The fourth-order valence-corrected chi connectivity index (χ4v) is 2.40. The third-order valence-electron chi connectivity index (χ3n) is 3.31. The average Bonchev–Trinajstić information content (AvgIpc) is 2.52. The number of rotatable bonds is 2. The van der Waals surface area contributed by atoms with Crippen LogP contribution in [0, 0.1) is 0 Å². The normalized spacial score (nSPS) is 44.1. The van der Waals surface area contributed by atoms with Crippen molar-refractivity contribution < 1.29 is 9.47 Å². The Morgan fingerprint density at radius 1 is 1.07 bits per heavy atom. The first-order valence-corrected chi connectivity index (χ1v) is 5.75. The van der Waals surface area contributed by atoms with Crippen LogP contribution in [0.3, 0.4) is 0 Å². The molecule has 0 aliphatic carbocycles. The third kappa shape index (κ3) is 2.47. The van der Waals surface area contributed by atoms with Crippen molar-refractivity contribution in [3.63, 3.8) is 0 Å². The molecule has 0 spiro atoms. The van der Waals surface area contributed by atoms with Gasteiger partial charge in [0.2, 0.25) is 0 Å². The van der Waals surface area contributed by atoms with Crippen molar-refractivity contribution in [2.45, 2.75) is 57.4 Å². The van der Waals surface area contributed by atoms with Gasteiger partial charge in [-0.2, -0.15) is 0 Å². The highest BCUT2D eigenvalue weighted by Crippen LogP contribution is 2.18. The highest BCUT2D eigenvalue weighted by Gasteiger charge is 2.28. The van der Waals surface area contributed by atoms with Crippen molar-refractivity contribution in [1.29, 1.82) is 0 Å². The van der Waals surface area contributed by atoms with Crippen LogP contribution in [0.5, 0.6) is 0 Å². The maximum atomic E-state index is 5.54. The average molecular weight is 199 g/mol. The number of hydrogen-bond acceptors (Lipinski definition) is 3. The summed E-state index contributed by atoms with van der Waals surface area (Å²) in [5.74, 6) is 0. The first kappa shape index (κ1) is 10.4. The lowest BCUT2D eigenvalue weighted by Gasteiger charge is -2.31. The van der Waals surface area contributed by atoms with Gasteiger partial charge in [-0.1, -0.05) is 0 Å². The van der Waals surface area contributed by atoms with Crippen molar-refractivity contribution in [3.05, 3.63) is 0 Å². The lowest BCUT2D eigenvalue weighted by molar-refractivity contribution is 0.00886. The molecule has 3 nitrogen and oxygen atoms in total. The van der Waals surface area contributed by atoms with Gasteiger partial charge in [-0.15, -0.1) is 0 Å². The molecule has 2 fully saturated rings. The van der Waals surface area contributed by atoms with Crippen LogP contribution in [0.25, 0.3) is 0 Å². The molecule has 2 rings (SSSR count). The first-order chi connectivity index (χ1) is 6.75. The van der Waals surface area contributed by atoms with E-state index in [4.69, 9.17) is 9.47 Å². The number of hydrogen-bond donors (Lipinski definition) is 1. The van der Waals surface area contributed by atoms with E-state index in [1.807, 2.05) is 0 Å². The molecule has 0 amide bonds. The van der Waals surface area contributed by atoms with Crippen LogP contribution in [-0.4, -0.2) is 37.5 Å². The number of ether oxygens (including phenoxy) is 2. The summed E-state index contributed by atoms with van der Waals surface area (Å²) < 4.78 is 11.1. The predicted molar refractivity (Wildman–Crippen MR) is 55.4 cm³/mol. The predicted octanol–water partition coefficient (Wildman–Crippen LogP) is 1.32. The molecule has 0 saturated carbocycles. The van der Waals surface area contributed by atoms with Crippen LogP contribution in [-0.2, 0) is 9.47 Å². The molecule has 1 N–H and O–H groups in total. The van der Waals surface area contributed by atoms with Crippen molar-refractivity contribution in [3.8, 4) is 0 Å². The Kier molecular flexibility index (Phi) is 3.42. The van der Waals surface area contributed by atoms with E-state index in [1.165, 1.54) is 0 Å². The monoisotopic (exact) mass is 199 g/mol. The van der Waals surface area contributed by atoms with Gasteiger partial charge >= 0.3 is 0 Å². The molecule has 4 atom stereocenters. The summed E-state index contributed by atoms with van der Waals surface area (Å²) >= 11 is 0. The second kappa shape index (κ2) is 4.60. The highest BCUT2D eigenvalue weighted by molar-refractivity contribution is 4.84. The van der Waals surface area contributed by atoms with Gasteiger partial charge in [-0.3, -0.25) is 0 Å². The maximum Gasteiger partial charge on any atom is 0.0700 e. The quantitative estimate of drug-likeness (QED) is 0.727. The van der Waals surface area contributed by atoms with Crippen molar-refractivity contribution in [2.24, 2.45) is 0 Å². The Labute approximate surface area is 86.2 Å². The zero-order valence-corrected chi connectivity index (χ0v) is 9.16. The van der Waals surface area contributed by atoms with Crippen molar-refractivity contribution >= 4 is 0 Å². The van der Waals surface area contributed by atoms with Gasteiger partial charge < -0.3 is 14.8 Å². The molecule has 14 heavy (non-hydrogen) atoms. The van der Waals surface area contributed by atoms with E-state index in [2.05, 4.69) is 19.2 Å².